The summed E-state index contributed by atoms with van der Waals surface area (Å²) in [5, 5.41) is 3.24. The van der Waals surface area contributed by atoms with Gasteiger partial charge in [0.05, 0.1) is 17.1 Å². The highest BCUT2D eigenvalue weighted by Crippen LogP contribution is 2.31. The van der Waals surface area contributed by atoms with Gasteiger partial charge in [0.25, 0.3) is 5.91 Å². The van der Waals surface area contributed by atoms with Gasteiger partial charge in [0.2, 0.25) is 10.0 Å². The number of hydrogen-bond donors (Lipinski definition) is 1. The van der Waals surface area contributed by atoms with Crippen LogP contribution in [0.4, 0.5) is 5.13 Å². The van der Waals surface area contributed by atoms with Gasteiger partial charge in [-0.1, -0.05) is 35.9 Å². The molecule has 1 aromatic heterocycles. The number of aromatic nitrogens is 1. The van der Waals surface area contributed by atoms with Crippen molar-refractivity contribution in [2.24, 2.45) is 0 Å². The molecule has 1 amide bonds. The summed E-state index contributed by atoms with van der Waals surface area (Å²) in [4.78, 5) is 18.1. The summed E-state index contributed by atoms with van der Waals surface area (Å²) in [6, 6.07) is 16.0. The van der Waals surface area contributed by atoms with Crippen LogP contribution in [0.1, 0.15) is 23.1 Å². The second-order valence-corrected chi connectivity index (χ2v) is 10.4. The van der Waals surface area contributed by atoms with E-state index < -0.39 is 16.1 Å². The maximum atomic E-state index is 13.0. The third-order valence-electron chi connectivity index (χ3n) is 5.01. The zero-order valence-electron chi connectivity index (χ0n) is 17.2. The molecule has 4 rings (SSSR count). The van der Waals surface area contributed by atoms with Crippen molar-refractivity contribution in [3.05, 3.63) is 70.7 Å². The minimum absolute atomic E-state index is 0.245. The number of carbonyl (C=O) groups is 1. The molecule has 0 saturated carbocycles. The van der Waals surface area contributed by atoms with Gasteiger partial charge < -0.3 is 4.74 Å². The first-order valence-electron chi connectivity index (χ1n) is 9.91. The van der Waals surface area contributed by atoms with Crippen molar-refractivity contribution in [3.63, 3.8) is 0 Å². The number of amides is 1. The average molecular weight is 458 g/mol. The average Bonchev–Trinajstić information content (AvgIpc) is 3.16. The Labute approximate surface area is 185 Å². The molecule has 0 fully saturated rings. The zero-order chi connectivity index (χ0) is 22.0. The van der Waals surface area contributed by atoms with Crippen LogP contribution in [-0.4, -0.2) is 36.3 Å². The molecule has 0 saturated heterocycles. The van der Waals surface area contributed by atoms with Crippen LogP contribution in [0.3, 0.4) is 0 Å². The molecule has 0 spiro atoms. The van der Waals surface area contributed by atoms with E-state index in [1.807, 2.05) is 25.1 Å². The number of nitrogens with zero attached hydrogens (tertiary/aromatic N) is 2. The Morgan fingerprint density at radius 1 is 1.16 bits per heavy atom. The summed E-state index contributed by atoms with van der Waals surface area (Å²) in [6.45, 7) is 4.19. The van der Waals surface area contributed by atoms with Gasteiger partial charge in [-0.3, -0.25) is 10.1 Å². The number of nitrogens with one attached hydrogen (secondary N) is 1. The van der Waals surface area contributed by atoms with Gasteiger partial charge in [0, 0.05) is 17.8 Å². The van der Waals surface area contributed by atoms with E-state index in [4.69, 9.17) is 4.74 Å². The first-order chi connectivity index (χ1) is 14.8. The SMILES string of the molecule is Cc1ccc(S(=O)(=O)N2CCc3nc(NC(=O)[C@@H](C)Oc4ccccc4)sc3C2)cc1. The Balaban J connectivity index is 1.43. The molecular formula is C22H23N3O4S2. The van der Waals surface area contributed by atoms with Crippen molar-refractivity contribution < 1.29 is 17.9 Å². The molecule has 162 valence electrons. The molecule has 1 aliphatic heterocycles. The van der Waals surface area contributed by atoms with Crippen molar-refractivity contribution in [1.29, 1.82) is 0 Å². The lowest BCUT2D eigenvalue weighted by Crippen LogP contribution is -2.35. The smallest absolute Gasteiger partial charge is 0.266 e. The maximum Gasteiger partial charge on any atom is 0.266 e. The van der Waals surface area contributed by atoms with Gasteiger partial charge in [-0.05, 0) is 38.1 Å². The first kappa shape index (κ1) is 21.5. The molecule has 9 heteroatoms. The normalized spacial score (nSPS) is 15.2. The number of thiazole rings is 1. The van der Waals surface area contributed by atoms with Crippen LogP contribution in [0, 0.1) is 6.92 Å². The highest BCUT2D eigenvalue weighted by Gasteiger charge is 2.30. The molecule has 1 aliphatic rings. The van der Waals surface area contributed by atoms with Crippen LogP contribution in [0.15, 0.2) is 59.5 Å². The number of benzene rings is 2. The number of aryl methyl sites for hydroxylation is 1. The van der Waals surface area contributed by atoms with E-state index in [-0.39, 0.29) is 17.3 Å². The molecule has 0 aliphatic carbocycles. The lowest BCUT2D eigenvalue weighted by molar-refractivity contribution is -0.122. The molecule has 7 nitrogen and oxygen atoms in total. The van der Waals surface area contributed by atoms with Gasteiger partial charge in [-0.25, -0.2) is 13.4 Å². The van der Waals surface area contributed by atoms with E-state index in [2.05, 4.69) is 10.3 Å². The maximum absolute atomic E-state index is 13.0. The van der Waals surface area contributed by atoms with Gasteiger partial charge in [-0.2, -0.15) is 4.31 Å². The molecule has 1 N–H and O–H groups in total. The first-order valence-corrected chi connectivity index (χ1v) is 12.2. The Morgan fingerprint density at radius 3 is 2.58 bits per heavy atom. The minimum Gasteiger partial charge on any atom is -0.481 e. The Hall–Kier alpha value is -2.75. The number of hydrogen-bond acceptors (Lipinski definition) is 6. The quantitative estimate of drug-likeness (QED) is 0.611. The molecule has 2 aromatic carbocycles. The molecular weight excluding hydrogens is 434 g/mol. The number of anilines is 1. The highest BCUT2D eigenvalue weighted by atomic mass is 32.2. The van der Waals surface area contributed by atoms with E-state index in [1.165, 1.54) is 15.6 Å². The number of rotatable bonds is 6. The van der Waals surface area contributed by atoms with Crippen molar-refractivity contribution in [3.8, 4) is 5.75 Å². The largest absolute Gasteiger partial charge is 0.481 e. The van der Waals surface area contributed by atoms with Crippen molar-refractivity contribution in [1.82, 2.24) is 9.29 Å². The fraction of sp³-hybridized carbons (Fsp3) is 0.273. The van der Waals surface area contributed by atoms with E-state index in [1.54, 1.807) is 43.3 Å². The van der Waals surface area contributed by atoms with Crippen LogP contribution in [0.5, 0.6) is 5.75 Å². The zero-order valence-corrected chi connectivity index (χ0v) is 18.9. The molecule has 31 heavy (non-hydrogen) atoms. The lowest BCUT2D eigenvalue weighted by atomic mass is 10.2. The predicted molar refractivity (Wildman–Crippen MR) is 120 cm³/mol. The third kappa shape index (κ3) is 4.79. The van der Waals surface area contributed by atoms with E-state index in [0.29, 0.717) is 23.8 Å². The summed E-state index contributed by atoms with van der Waals surface area (Å²) >= 11 is 1.30. The summed E-state index contributed by atoms with van der Waals surface area (Å²) in [7, 11) is -3.58. The Morgan fingerprint density at radius 2 is 1.87 bits per heavy atom. The molecule has 0 bridgehead atoms. The monoisotopic (exact) mass is 457 g/mol. The van der Waals surface area contributed by atoms with E-state index in [0.717, 1.165) is 16.1 Å². The van der Waals surface area contributed by atoms with Crippen LogP contribution in [0.25, 0.3) is 0 Å². The number of sulfonamides is 1. The fourth-order valence-electron chi connectivity index (χ4n) is 3.25. The standard InChI is InChI=1S/C22H23N3O4S2/c1-15-8-10-18(11-9-15)31(27,28)25-13-12-19-20(14-25)30-22(23-19)24-21(26)16(2)29-17-6-4-3-5-7-17/h3-11,16H,12-14H2,1-2H3,(H,23,24,26)/t16-/m1/s1. The van der Waals surface area contributed by atoms with Gasteiger partial charge in [0.15, 0.2) is 11.2 Å². The van der Waals surface area contributed by atoms with Crippen LogP contribution in [0.2, 0.25) is 0 Å². The number of carbonyl (C=O) groups excluding carboxylic acids is 1. The summed E-state index contributed by atoms with van der Waals surface area (Å²) in [6.07, 6.45) is -0.190. The van der Waals surface area contributed by atoms with Crippen molar-refractivity contribution in [2.45, 2.75) is 37.8 Å². The van der Waals surface area contributed by atoms with Crippen molar-refractivity contribution >= 4 is 32.4 Å². The van der Waals surface area contributed by atoms with E-state index >= 15 is 0 Å². The predicted octanol–water partition coefficient (Wildman–Crippen LogP) is 3.60. The van der Waals surface area contributed by atoms with Gasteiger partial charge in [0.1, 0.15) is 5.75 Å². The summed E-state index contributed by atoms with van der Waals surface area (Å²) < 4.78 is 33.1. The number of fused-ring (bicyclic) bond motifs is 1. The number of ether oxygens (including phenoxy) is 1. The summed E-state index contributed by atoms with van der Waals surface area (Å²) in [5.74, 6) is 0.305. The van der Waals surface area contributed by atoms with Gasteiger partial charge in [-0.15, -0.1) is 11.3 Å². The minimum atomic E-state index is -3.58. The third-order valence-corrected chi connectivity index (χ3v) is 7.87. The second kappa shape index (κ2) is 8.78. The van der Waals surface area contributed by atoms with Crippen LogP contribution in [-0.2, 0) is 27.8 Å². The molecule has 0 unspecified atom stereocenters. The highest BCUT2D eigenvalue weighted by molar-refractivity contribution is 7.89. The molecule has 2 heterocycles. The summed E-state index contributed by atoms with van der Waals surface area (Å²) in [5.41, 5.74) is 1.83. The lowest BCUT2D eigenvalue weighted by Gasteiger charge is -2.25. The second-order valence-electron chi connectivity index (χ2n) is 7.35. The van der Waals surface area contributed by atoms with E-state index in [9.17, 15) is 13.2 Å². The number of para-hydroxylation sites is 1. The Bertz CT molecular complexity index is 1180. The Kier molecular flexibility index (Phi) is 6.08. The molecule has 0 radical (unpaired) electrons. The molecule has 1 atom stereocenters. The van der Waals surface area contributed by atoms with Crippen LogP contribution >= 0.6 is 11.3 Å². The molecule has 3 aromatic rings. The fourth-order valence-corrected chi connectivity index (χ4v) is 5.77. The topological polar surface area (TPSA) is 88.6 Å². The van der Waals surface area contributed by atoms with Crippen molar-refractivity contribution in [2.75, 3.05) is 11.9 Å². The van der Waals surface area contributed by atoms with Gasteiger partial charge >= 0.3 is 0 Å². The van der Waals surface area contributed by atoms with Crippen LogP contribution < -0.4 is 10.1 Å².